The van der Waals surface area contributed by atoms with E-state index in [1.54, 1.807) is 9.80 Å². The Bertz CT molecular complexity index is 859. The Kier molecular flexibility index (Phi) is 5.08. The summed E-state index contributed by atoms with van der Waals surface area (Å²) in [4.78, 5) is 23.8. The Morgan fingerprint density at radius 2 is 1.67 bits per heavy atom. The van der Waals surface area contributed by atoms with Gasteiger partial charge in [-0.2, -0.15) is 13.2 Å². The Morgan fingerprint density at radius 3 is 2.26 bits per heavy atom. The maximum atomic E-state index is 13.0. The van der Waals surface area contributed by atoms with Crippen molar-refractivity contribution in [1.29, 1.82) is 0 Å². The van der Waals surface area contributed by atoms with Gasteiger partial charge >= 0.3 is 6.18 Å². The van der Waals surface area contributed by atoms with Gasteiger partial charge in [-0.1, -0.05) is 17.7 Å². The van der Waals surface area contributed by atoms with Crippen LogP contribution in [-0.2, 0) is 6.18 Å². The summed E-state index contributed by atoms with van der Waals surface area (Å²) in [7, 11) is 0. The second-order valence-electron chi connectivity index (χ2n) is 6.75. The predicted molar refractivity (Wildman–Crippen MR) is 95.8 cm³/mol. The van der Waals surface area contributed by atoms with Gasteiger partial charge in [0.15, 0.2) is 0 Å². The molecule has 1 aromatic carbocycles. The first-order valence-electron chi connectivity index (χ1n) is 8.69. The number of halogens is 3. The topological polar surface area (TPSA) is 49.3 Å². The van der Waals surface area contributed by atoms with Crippen molar-refractivity contribution in [3.8, 4) is 0 Å². The quantitative estimate of drug-likeness (QED) is 0.804. The van der Waals surface area contributed by atoms with Crippen molar-refractivity contribution in [2.75, 3.05) is 31.1 Å². The van der Waals surface area contributed by atoms with Crippen LogP contribution < -0.4 is 4.90 Å². The molecule has 5 nitrogen and oxygen atoms in total. The summed E-state index contributed by atoms with van der Waals surface area (Å²) < 4.78 is 38.9. The van der Waals surface area contributed by atoms with Crippen molar-refractivity contribution in [2.45, 2.75) is 26.9 Å². The molecule has 1 aliphatic heterocycles. The van der Waals surface area contributed by atoms with Crippen molar-refractivity contribution < 1.29 is 18.0 Å². The molecule has 0 saturated carbocycles. The molecule has 2 aromatic rings. The van der Waals surface area contributed by atoms with Crippen molar-refractivity contribution in [1.82, 2.24) is 14.9 Å². The van der Waals surface area contributed by atoms with Gasteiger partial charge in [0.05, 0.1) is 0 Å². The average Bonchev–Trinajstić information content (AvgIpc) is 2.60. The maximum absolute atomic E-state index is 13.0. The number of rotatable bonds is 2. The molecule has 0 radical (unpaired) electrons. The molecule has 0 bridgehead atoms. The van der Waals surface area contributed by atoms with E-state index in [1.807, 2.05) is 32.0 Å². The van der Waals surface area contributed by atoms with E-state index in [1.165, 1.54) is 6.92 Å². The monoisotopic (exact) mass is 378 g/mol. The van der Waals surface area contributed by atoms with Crippen LogP contribution in [0.2, 0.25) is 0 Å². The molecule has 3 rings (SSSR count). The normalized spacial score (nSPS) is 15.2. The molecule has 0 atom stereocenters. The van der Waals surface area contributed by atoms with Crippen LogP contribution in [0.4, 0.5) is 19.0 Å². The average molecular weight is 378 g/mol. The lowest BCUT2D eigenvalue weighted by molar-refractivity contribution is -0.141. The van der Waals surface area contributed by atoms with Gasteiger partial charge in [0.25, 0.3) is 5.91 Å². The van der Waals surface area contributed by atoms with Gasteiger partial charge in [0.1, 0.15) is 17.3 Å². The van der Waals surface area contributed by atoms with E-state index in [-0.39, 0.29) is 17.5 Å². The minimum atomic E-state index is -4.51. The molecule has 8 heteroatoms. The third-order valence-corrected chi connectivity index (χ3v) is 4.62. The van der Waals surface area contributed by atoms with E-state index < -0.39 is 11.9 Å². The van der Waals surface area contributed by atoms with Crippen LogP contribution in [0.3, 0.4) is 0 Å². The Hall–Kier alpha value is -2.64. The summed E-state index contributed by atoms with van der Waals surface area (Å²) in [5.74, 6) is 0.268. The fraction of sp³-hybridized carbons (Fsp3) is 0.421. The van der Waals surface area contributed by atoms with Crippen LogP contribution in [0.25, 0.3) is 0 Å². The van der Waals surface area contributed by atoms with E-state index in [0.717, 1.165) is 17.2 Å². The third kappa shape index (κ3) is 4.20. The van der Waals surface area contributed by atoms with Crippen LogP contribution in [0.5, 0.6) is 0 Å². The number of aryl methyl sites for hydroxylation is 3. The molecule has 27 heavy (non-hydrogen) atoms. The van der Waals surface area contributed by atoms with Gasteiger partial charge in [-0.25, -0.2) is 9.97 Å². The van der Waals surface area contributed by atoms with E-state index >= 15 is 0 Å². The zero-order chi connectivity index (χ0) is 19.8. The highest BCUT2D eigenvalue weighted by molar-refractivity contribution is 5.95. The third-order valence-electron chi connectivity index (χ3n) is 4.62. The number of carbonyl (C=O) groups excluding carboxylic acids is 1. The van der Waals surface area contributed by atoms with Gasteiger partial charge in [-0.3, -0.25) is 4.79 Å². The number of hydrogen-bond donors (Lipinski definition) is 0. The lowest BCUT2D eigenvalue weighted by atomic mass is 10.0. The van der Waals surface area contributed by atoms with Crippen LogP contribution in [0, 0.1) is 20.8 Å². The van der Waals surface area contributed by atoms with E-state index in [9.17, 15) is 18.0 Å². The lowest BCUT2D eigenvalue weighted by Gasteiger charge is -2.36. The molecular formula is C19H21F3N4O. The number of aromatic nitrogens is 2. The summed E-state index contributed by atoms with van der Waals surface area (Å²) >= 11 is 0. The Morgan fingerprint density at radius 1 is 1.00 bits per heavy atom. The van der Waals surface area contributed by atoms with Crippen LogP contribution >= 0.6 is 0 Å². The standard InChI is InChI=1S/C19H21F3N4O/c1-12-4-5-15(13(2)10-12)18(27)26-8-6-25(7-9-26)17-11-16(19(20,21)22)23-14(3)24-17/h4-5,10-11H,6-9H2,1-3H3. The number of benzene rings is 1. The van der Waals surface area contributed by atoms with Crippen LogP contribution in [0.15, 0.2) is 24.3 Å². The maximum Gasteiger partial charge on any atom is 0.433 e. The predicted octanol–water partition coefficient (Wildman–Crippen LogP) is 3.38. The van der Waals surface area contributed by atoms with Crippen molar-refractivity contribution in [3.63, 3.8) is 0 Å². The zero-order valence-corrected chi connectivity index (χ0v) is 15.5. The highest BCUT2D eigenvalue weighted by atomic mass is 19.4. The van der Waals surface area contributed by atoms with Crippen molar-refractivity contribution >= 4 is 11.7 Å². The molecule has 1 aliphatic rings. The molecule has 1 amide bonds. The Labute approximate surface area is 155 Å². The number of hydrogen-bond acceptors (Lipinski definition) is 4. The SMILES string of the molecule is Cc1ccc(C(=O)N2CCN(c3cc(C(F)(F)F)nc(C)n3)CC2)c(C)c1. The minimum Gasteiger partial charge on any atom is -0.353 e. The molecule has 0 spiro atoms. The van der Waals surface area contributed by atoms with Gasteiger partial charge in [-0.05, 0) is 32.4 Å². The van der Waals surface area contributed by atoms with E-state index in [4.69, 9.17) is 0 Å². The number of carbonyl (C=O) groups is 1. The number of nitrogens with zero attached hydrogens (tertiary/aromatic N) is 4. The second-order valence-corrected chi connectivity index (χ2v) is 6.75. The molecule has 1 fully saturated rings. The number of amides is 1. The summed E-state index contributed by atoms with van der Waals surface area (Å²) in [6.45, 7) is 7.01. The van der Waals surface area contributed by atoms with Gasteiger partial charge in [-0.15, -0.1) is 0 Å². The molecule has 1 aromatic heterocycles. The largest absolute Gasteiger partial charge is 0.433 e. The molecule has 0 aliphatic carbocycles. The summed E-state index contributed by atoms with van der Waals surface area (Å²) in [5, 5.41) is 0. The van der Waals surface area contributed by atoms with E-state index in [2.05, 4.69) is 9.97 Å². The summed E-state index contributed by atoms with van der Waals surface area (Å²) in [5.41, 5.74) is 1.72. The number of piperazine rings is 1. The molecular weight excluding hydrogens is 357 g/mol. The lowest BCUT2D eigenvalue weighted by Crippen LogP contribution is -2.49. The molecule has 2 heterocycles. The van der Waals surface area contributed by atoms with Gasteiger partial charge in [0.2, 0.25) is 0 Å². The zero-order valence-electron chi connectivity index (χ0n) is 15.5. The minimum absolute atomic E-state index is 0.0537. The Balaban J connectivity index is 1.72. The fourth-order valence-electron chi connectivity index (χ4n) is 3.22. The number of anilines is 1. The highest BCUT2D eigenvalue weighted by Crippen LogP contribution is 2.30. The molecule has 0 unspecified atom stereocenters. The highest BCUT2D eigenvalue weighted by Gasteiger charge is 2.34. The summed E-state index contributed by atoms with van der Waals surface area (Å²) in [6, 6.07) is 6.65. The molecule has 144 valence electrons. The van der Waals surface area contributed by atoms with Gasteiger partial charge in [0, 0.05) is 37.8 Å². The first-order chi connectivity index (χ1) is 12.6. The van der Waals surface area contributed by atoms with Crippen molar-refractivity contribution in [3.05, 3.63) is 52.5 Å². The molecule has 0 N–H and O–H groups in total. The summed E-state index contributed by atoms with van der Waals surface area (Å²) in [6.07, 6.45) is -4.51. The second kappa shape index (κ2) is 7.17. The first kappa shape index (κ1) is 19.1. The van der Waals surface area contributed by atoms with Crippen LogP contribution in [-0.4, -0.2) is 47.0 Å². The fourth-order valence-corrected chi connectivity index (χ4v) is 3.22. The smallest absolute Gasteiger partial charge is 0.353 e. The van der Waals surface area contributed by atoms with Crippen molar-refractivity contribution in [2.24, 2.45) is 0 Å². The van der Waals surface area contributed by atoms with E-state index in [0.29, 0.717) is 31.7 Å². The molecule has 1 saturated heterocycles. The first-order valence-corrected chi connectivity index (χ1v) is 8.69. The number of alkyl halides is 3. The van der Waals surface area contributed by atoms with Gasteiger partial charge < -0.3 is 9.80 Å². The van der Waals surface area contributed by atoms with Crippen LogP contribution in [0.1, 0.15) is 33.0 Å².